The van der Waals surface area contributed by atoms with E-state index in [0.29, 0.717) is 24.7 Å². The van der Waals surface area contributed by atoms with Crippen LogP contribution >= 0.6 is 0 Å². The van der Waals surface area contributed by atoms with Gasteiger partial charge >= 0.3 is 0 Å². The van der Waals surface area contributed by atoms with E-state index in [4.69, 9.17) is 10.5 Å². The third kappa shape index (κ3) is 8.17. The third-order valence-electron chi connectivity index (χ3n) is 1.44. The van der Waals surface area contributed by atoms with E-state index in [1.165, 1.54) is 0 Å². The molecule has 1 atom stereocenters. The van der Waals surface area contributed by atoms with Crippen molar-refractivity contribution in [2.24, 2.45) is 5.73 Å². The molecule has 0 aromatic heterocycles. The minimum atomic E-state index is -0.775. The predicted molar refractivity (Wildman–Crippen MR) is 52.7 cm³/mol. The molecule has 0 aliphatic rings. The van der Waals surface area contributed by atoms with Crippen LogP contribution in [-0.4, -0.2) is 35.5 Å². The summed E-state index contributed by atoms with van der Waals surface area (Å²) in [4.78, 5) is 0. The summed E-state index contributed by atoms with van der Waals surface area (Å²) in [5.74, 6) is 1.22. The van der Waals surface area contributed by atoms with E-state index < -0.39 is 10.8 Å². The fourth-order valence-electron chi connectivity index (χ4n) is 0.734. The van der Waals surface area contributed by atoms with Crippen LogP contribution in [0.1, 0.15) is 19.8 Å². The molecule has 0 aliphatic heterocycles. The number of hydrogen-bond donors (Lipinski definition) is 1. The van der Waals surface area contributed by atoms with Crippen molar-refractivity contribution in [3.63, 3.8) is 0 Å². The number of hydrogen-bond acceptors (Lipinski definition) is 3. The molecule has 2 N–H and O–H groups in total. The van der Waals surface area contributed by atoms with Crippen molar-refractivity contribution in [3.05, 3.63) is 0 Å². The lowest BCUT2D eigenvalue weighted by Gasteiger charge is -2.02. The van der Waals surface area contributed by atoms with Gasteiger partial charge in [0.1, 0.15) is 0 Å². The van der Waals surface area contributed by atoms with Crippen LogP contribution in [0.25, 0.3) is 0 Å². The minimum Gasteiger partial charge on any atom is -0.380 e. The highest BCUT2D eigenvalue weighted by Gasteiger charge is 1.96. The molecule has 0 spiro atoms. The van der Waals surface area contributed by atoms with Gasteiger partial charge in [0.05, 0.1) is 6.61 Å². The lowest BCUT2D eigenvalue weighted by molar-refractivity contribution is 0.146. The summed E-state index contributed by atoms with van der Waals surface area (Å²) in [5.41, 5.74) is 5.25. The van der Waals surface area contributed by atoms with Gasteiger partial charge in [-0.15, -0.1) is 0 Å². The van der Waals surface area contributed by atoms with Crippen LogP contribution in [0.3, 0.4) is 0 Å². The van der Waals surface area contributed by atoms with Crippen LogP contribution < -0.4 is 5.73 Å². The van der Waals surface area contributed by atoms with Crippen LogP contribution in [0.4, 0.5) is 0 Å². The van der Waals surface area contributed by atoms with Crippen molar-refractivity contribution in [1.29, 1.82) is 0 Å². The second-order valence-corrected chi connectivity index (χ2v) is 4.30. The van der Waals surface area contributed by atoms with Gasteiger partial charge in [-0.05, 0) is 6.42 Å². The van der Waals surface area contributed by atoms with Crippen LogP contribution in [0, 0.1) is 0 Å². The van der Waals surface area contributed by atoms with Gasteiger partial charge < -0.3 is 10.5 Å². The zero-order valence-corrected chi connectivity index (χ0v) is 8.57. The average Bonchev–Trinajstić information content (AvgIpc) is 2.05. The minimum absolute atomic E-state index is 0.502. The van der Waals surface area contributed by atoms with Gasteiger partial charge in [-0.2, -0.15) is 0 Å². The molecular weight excluding hydrogens is 174 g/mol. The number of unbranched alkanes of at least 4 members (excludes halogenated alkanes) is 1. The van der Waals surface area contributed by atoms with E-state index >= 15 is 0 Å². The molecule has 0 aromatic carbocycles. The summed E-state index contributed by atoms with van der Waals surface area (Å²) in [5, 5.41) is 0. The van der Waals surface area contributed by atoms with Crippen LogP contribution in [0.15, 0.2) is 0 Å². The third-order valence-corrected chi connectivity index (χ3v) is 2.76. The standard InChI is InChI=1S/C8H19NO2S/c1-2-3-5-11-6-8-12(10)7-4-9/h2-9H2,1H3. The second-order valence-electron chi connectivity index (χ2n) is 2.60. The smallest absolute Gasteiger partial charge is 0.0581 e. The van der Waals surface area contributed by atoms with Gasteiger partial charge in [-0.1, -0.05) is 13.3 Å². The molecule has 0 aromatic rings. The van der Waals surface area contributed by atoms with Crippen LogP contribution in [0.5, 0.6) is 0 Å². The highest BCUT2D eigenvalue weighted by molar-refractivity contribution is 7.85. The normalized spacial score (nSPS) is 13.2. The first kappa shape index (κ1) is 12.1. The van der Waals surface area contributed by atoms with Crippen molar-refractivity contribution >= 4 is 10.8 Å². The van der Waals surface area contributed by atoms with E-state index in [0.717, 1.165) is 19.4 Å². The highest BCUT2D eigenvalue weighted by atomic mass is 32.2. The summed E-state index contributed by atoms with van der Waals surface area (Å²) in [6.07, 6.45) is 2.23. The van der Waals surface area contributed by atoms with Crippen molar-refractivity contribution < 1.29 is 8.95 Å². The maximum atomic E-state index is 11.0. The Balaban J connectivity index is 3.03. The molecule has 0 fully saturated rings. The quantitative estimate of drug-likeness (QED) is 0.571. The van der Waals surface area contributed by atoms with Crippen molar-refractivity contribution in [2.75, 3.05) is 31.3 Å². The topological polar surface area (TPSA) is 52.3 Å². The second kappa shape index (κ2) is 9.16. The van der Waals surface area contributed by atoms with Crippen molar-refractivity contribution in [3.8, 4) is 0 Å². The van der Waals surface area contributed by atoms with E-state index in [9.17, 15) is 4.21 Å². The van der Waals surface area contributed by atoms with Gasteiger partial charge in [-0.25, -0.2) is 0 Å². The molecular formula is C8H19NO2S. The Kier molecular flexibility index (Phi) is 9.21. The summed E-state index contributed by atoms with van der Waals surface area (Å²) in [6, 6.07) is 0. The maximum absolute atomic E-state index is 11.0. The molecule has 74 valence electrons. The maximum Gasteiger partial charge on any atom is 0.0581 e. The van der Waals surface area contributed by atoms with Gasteiger partial charge in [0, 0.05) is 35.5 Å². The van der Waals surface area contributed by atoms with E-state index in [-0.39, 0.29) is 0 Å². The first-order valence-corrected chi connectivity index (χ1v) is 5.92. The lowest BCUT2D eigenvalue weighted by atomic mass is 10.4. The number of ether oxygens (including phenoxy) is 1. The molecule has 0 rings (SSSR count). The van der Waals surface area contributed by atoms with Crippen LogP contribution in [-0.2, 0) is 15.5 Å². The lowest BCUT2D eigenvalue weighted by Crippen LogP contribution is -2.15. The van der Waals surface area contributed by atoms with Gasteiger partial charge in [-0.3, -0.25) is 4.21 Å². The fourth-order valence-corrected chi connectivity index (χ4v) is 1.50. The molecule has 0 heterocycles. The Morgan fingerprint density at radius 2 is 2.08 bits per heavy atom. The largest absolute Gasteiger partial charge is 0.380 e. The fraction of sp³-hybridized carbons (Fsp3) is 1.00. The molecule has 0 bridgehead atoms. The molecule has 4 heteroatoms. The predicted octanol–water partition coefficient (Wildman–Crippen LogP) is 0.511. The molecule has 1 unspecified atom stereocenters. The first-order valence-electron chi connectivity index (χ1n) is 4.44. The Labute approximate surface area is 77.1 Å². The summed E-state index contributed by atoms with van der Waals surface area (Å²) >= 11 is 0. The van der Waals surface area contributed by atoms with E-state index in [1.54, 1.807) is 0 Å². The highest BCUT2D eigenvalue weighted by Crippen LogP contribution is 1.88. The Morgan fingerprint density at radius 1 is 1.33 bits per heavy atom. The molecule has 0 saturated carbocycles. The molecule has 0 amide bonds. The van der Waals surface area contributed by atoms with E-state index in [2.05, 4.69) is 6.92 Å². The summed E-state index contributed by atoms with van der Waals surface area (Å²) < 4.78 is 16.3. The SMILES string of the molecule is CCCCOCCS(=O)CCN. The van der Waals surface area contributed by atoms with Gasteiger partial charge in [0.2, 0.25) is 0 Å². The Morgan fingerprint density at radius 3 is 2.67 bits per heavy atom. The Bertz CT molecular complexity index is 120. The molecule has 0 aliphatic carbocycles. The number of nitrogens with two attached hydrogens (primary N) is 1. The first-order chi connectivity index (χ1) is 5.81. The zero-order valence-electron chi connectivity index (χ0n) is 7.75. The van der Waals surface area contributed by atoms with Gasteiger partial charge in [0.15, 0.2) is 0 Å². The monoisotopic (exact) mass is 193 g/mol. The average molecular weight is 193 g/mol. The van der Waals surface area contributed by atoms with Gasteiger partial charge in [0.25, 0.3) is 0 Å². The molecule has 3 nitrogen and oxygen atoms in total. The zero-order chi connectivity index (χ0) is 9.23. The Hall–Kier alpha value is 0.0700. The summed E-state index contributed by atoms with van der Waals surface area (Å²) in [6.45, 7) is 4.01. The molecule has 0 radical (unpaired) electrons. The van der Waals surface area contributed by atoms with Crippen LogP contribution in [0.2, 0.25) is 0 Å². The van der Waals surface area contributed by atoms with E-state index in [1.807, 2.05) is 0 Å². The number of rotatable bonds is 8. The summed E-state index contributed by atoms with van der Waals surface area (Å²) in [7, 11) is -0.775. The van der Waals surface area contributed by atoms with Crippen molar-refractivity contribution in [2.45, 2.75) is 19.8 Å². The molecule has 12 heavy (non-hydrogen) atoms. The van der Waals surface area contributed by atoms with Crippen molar-refractivity contribution in [1.82, 2.24) is 0 Å². The molecule has 0 saturated heterocycles.